The Morgan fingerprint density at radius 1 is 1.32 bits per heavy atom. The Kier molecular flexibility index (Phi) is 5.03. The quantitative estimate of drug-likeness (QED) is 0.853. The fourth-order valence-electron chi connectivity index (χ4n) is 2.25. The molecule has 2 N–H and O–H groups in total. The van der Waals surface area contributed by atoms with Crippen LogP contribution in [-0.2, 0) is 0 Å². The zero-order chi connectivity index (χ0) is 13.5. The van der Waals surface area contributed by atoms with Gasteiger partial charge in [-0.1, -0.05) is 12.1 Å². The Morgan fingerprint density at radius 3 is 2.79 bits per heavy atom. The number of ether oxygens (including phenoxy) is 1. The molecule has 1 fully saturated rings. The van der Waals surface area contributed by atoms with E-state index in [-0.39, 0.29) is 6.03 Å². The summed E-state index contributed by atoms with van der Waals surface area (Å²) in [6, 6.07) is 7.18. The molecule has 1 heterocycles. The number of likely N-dealkylation sites (tertiary alicyclic amines) is 1. The average molecular weight is 263 g/mol. The second-order valence-corrected chi connectivity index (χ2v) is 4.63. The summed E-state index contributed by atoms with van der Waals surface area (Å²) in [5.41, 5.74) is 0.684. The first-order chi connectivity index (χ1) is 9.29. The Morgan fingerprint density at radius 2 is 2.05 bits per heavy atom. The molecule has 0 bridgehead atoms. The number of carbonyl (C=O) groups is 1. The lowest BCUT2D eigenvalue weighted by Gasteiger charge is -2.15. The number of methoxy groups -OCH3 is 1. The Labute approximate surface area is 113 Å². The lowest BCUT2D eigenvalue weighted by atomic mass is 10.3. The van der Waals surface area contributed by atoms with Gasteiger partial charge in [-0.15, -0.1) is 0 Å². The topological polar surface area (TPSA) is 53.6 Å². The molecule has 0 radical (unpaired) electrons. The van der Waals surface area contributed by atoms with Crippen LogP contribution in [0.15, 0.2) is 24.3 Å². The summed E-state index contributed by atoms with van der Waals surface area (Å²) in [6.07, 6.45) is 2.54. The first-order valence-electron chi connectivity index (χ1n) is 6.70. The molecule has 1 aromatic carbocycles. The van der Waals surface area contributed by atoms with Crippen LogP contribution in [0.2, 0.25) is 0 Å². The molecule has 1 aliphatic rings. The molecule has 1 aliphatic heterocycles. The number of rotatable bonds is 5. The van der Waals surface area contributed by atoms with Crippen LogP contribution >= 0.6 is 0 Å². The van der Waals surface area contributed by atoms with Gasteiger partial charge in [-0.25, -0.2) is 4.79 Å². The molecule has 0 spiro atoms. The van der Waals surface area contributed by atoms with Crippen molar-refractivity contribution in [2.45, 2.75) is 12.8 Å². The number of hydrogen-bond acceptors (Lipinski definition) is 3. The molecule has 1 aromatic rings. The number of carbonyl (C=O) groups excluding carboxylic acids is 1. The third kappa shape index (κ3) is 4.13. The normalized spacial score (nSPS) is 15.2. The highest BCUT2D eigenvalue weighted by atomic mass is 16.5. The van der Waals surface area contributed by atoms with Crippen LogP contribution in [0, 0.1) is 0 Å². The van der Waals surface area contributed by atoms with Crippen molar-refractivity contribution >= 4 is 11.7 Å². The largest absolute Gasteiger partial charge is 0.495 e. The zero-order valence-electron chi connectivity index (χ0n) is 11.3. The summed E-state index contributed by atoms with van der Waals surface area (Å²) < 4.78 is 5.18. The third-order valence-corrected chi connectivity index (χ3v) is 3.27. The molecule has 2 amide bonds. The van der Waals surface area contributed by atoms with E-state index in [1.807, 2.05) is 24.3 Å². The Bertz CT molecular complexity index is 417. The fourth-order valence-corrected chi connectivity index (χ4v) is 2.25. The van der Waals surface area contributed by atoms with Gasteiger partial charge in [0.25, 0.3) is 0 Å². The van der Waals surface area contributed by atoms with Gasteiger partial charge in [-0.05, 0) is 38.1 Å². The highest BCUT2D eigenvalue weighted by Gasteiger charge is 2.11. The number of benzene rings is 1. The van der Waals surface area contributed by atoms with E-state index in [9.17, 15) is 4.79 Å². The second kappa shape index (κ2) is 6.99. The molecule has 19 heavy (non-hydrogen) atoms. The van der Waals surface area contributed by atoms with E-state index >= 15 is 0 Å². The van der Waals surface area contributed by atoms with Gasteiger partial charge in [0.15, 0.2) is 0 Å². The average Bonchev–Trinajstić information content (AvgIpc) is 2.92. The molecule has 0 unspecified atom stereocenters. The minimum atomic E-state index is -0.191. The van der Waals surface area contributed by atoms with E-state index in [1.165, 1.54) is 12.8 Å². The minimum absolute atomic E-state index is 0.191. The number of amides is 2. The summed E-state index contributed by atoms with van der Waals surface area (Å²) in [5, 5.41) is 5.66. The fraction of sp³-hybridized carbons (Fsp3) is 0.500. The van der Waals surface area contributed by atoms with Crippen LogP contribution in [0.4, 0.5) is 10.5 Å². The minimum Gasteiger partial charge on any atom is -0.495 e. The molecule has 0 aromatic heterocycles. The number of nitrogens with zero attached hydrogens (tertiary/aromatic N) is 1. The first kappa shape index (κ1) is 13.7. The molecule has 1 saturated heterocycles. The smallest absolute Gasteiger partial charge is 0.319 e. The maximum atomic E-state index is 11.8. The van der Waals surface area contributed by atoms with E-state index in [0.717, 1.165) is 19.6 Å². The van der Waals surface area contributed by atoms with Crippen molar-refractivity contribution in [3.05, 3.63) is 24.3 Å². The van der Waals surface area contributed by atoms with Gasteiger partial charge < -0.3 is 20.3 Å². The molecule has 5 heteroatoms. The van der Waals surface area contributed by atoms with Crippen LogP contribution in [0.3, 0.4) is 0 Å². The van der Waals surface area contributed by atoms with Crippen molar-refractivity contribution in [3.8, 4) is 5.75 Å². The molecule has 104 valence electrons. The van der Waals surface area contributed by atoms with Crippen LogP contribution in [-0.4, -0.2) is 44.2 Å². The molecule has 2 rings (SSSR count). The van der Waals surface area contributed by atoms with Crippen LogP contribution < -0.4 is 15.4 Å². The number of nitrogens with one attached hydrogen (secondary N) is 2. The summed E-state index contributed by atoms with van der Waals surface area (Å²) >= 11 is 0. The maximum absolute atomic E-state index is 11.8. The molecular formula is C14H21N3O2. The van der Waals surface area contributed by atoms with E-state index in [2.05, 4.69) is 15.5 Å². The Hall–Kier alpha value is -1.75. The summed E-state index contributed by atoms with van der Waals surface area (Å²) in [7, 11) is 1.59. The number of hydrogen-bond donors (Lipinski definition) is 2. The first-order valence-corrected chi connectivity index (χ1v) is 6.70. The third-order valence-electron chi connectivity index (χ3n) is 3.27. The lowest BCUT2D eigenvalue weighted by Crippen LogP contribution is -2.36. The van der Waals surface area contributed by atoms with Crippen molar-refractivity contribution in [1.29, 1.82) is 0 Å². The van der Waals surface area contributed by atoms with Gasteiger partial charge >= 0.3 is 6.03 Å². The van der Waals surface area contributed by atoms with Crippen LogP contribution in [0.25, 0.3) is 0 Å². The standard InChI is InChI=1S/C14H21N3O2/c1-19-13-7-3-2-6-12(13)16-14(18)15-8-11-17-9-4-5-10-17/h2-3,6-7H,4-5,8-11H2,1H3,(H2,15,16,18). The molecule has 0 aliphatic carbocycles. The second-order valence-electron chi connectivity index (χ2n) is 4.63. The summed E-state index contributed by atoms with van der Waals surface area (Å²) in [4.78, 5) is 14.1. The van der Waals surface area contributed by atoms with Crippen molar-refractivity contribution in [2.24, 2.45) is 0 Å². The van der Waals surface area contributed by atoms with Gasteiger partial charge in [0.05, 0.1) is 12.8 Å². The van der Waals surface area contributed by atoms with Crippen molar-refractivity contribution < 1.29 is 9.53 Å². The number of anilines is 1. The number of para-hydroxylation sites is 2. The van der Waals surface area contributed by atoms with E-state index < -0.39 is 0 Å². The van der Waals surface area contributed by atoms with Gasteiger partial charge in [-0.2, -0.15) is 0 Å². The van der Waals surface area contributed by atoms with Crippen molar-refractivity contribution in [1.82, 2.24) is 10.2 Å². The lowest BCUT2D eigenvalue weighted by molar-refractivity contribution is 0.249. The molecule has 0 saturated carbocycles. The molecule has 5 nitrogen and oxygen atoms in total. The van der Waals surface area contributed by atoms with E-state index in [0.29, 0.717) is 18.0 Å². The summed E-state index contributed by atoms with van der Waals surface area (Å²) in [5.74, 6) is 0.664. The van der Waals surface area contributed by atoms with Crippen molar-refractivity contribution in [3.63, 3.8) is 0 Å². The Balaban J connectivity index is 1.74. The zero-order valence-corrected chi connectivity index (χ0v) is 11.3. The van der Waals surface area contributed by atoms with E-state index in [4.69, 9.17) is 4.74 Å². The predicted octanol–water partition coefficient (Wildman–Crippen LogP) is 1.91. The molecular weight excluding hydrogens is 242 g/mol. The van der Waals surface area contributed by atoms with Gasteiger partial charge in [0.1, 0.15) is 5.75 Å². The number of urea groups is 1. The highest BCUT2D eigenvalue weighted by Crippen LogP contribution is 2.22. The van der Waals surface area contributed by atoms with Crippen molar-refractivity contribution in [2.75, 3.05) is 38.6 Å². The van der Waals surface area contributed by atoms with Gasteiger partial charge in [-0.3, -0.25) is 0 Å². The van der Waals surface area contributed by atoms with Crippen LogP contribution in [0.5, 0.6) is 5.75 Å². The van der Waals surface area contributed by atoms with Gasteiger partial charge in [0.2, 0.25) is 0 Å². The monoisotopic (exact) mass is 263 g/mol. The van der Waals surface area contributed by atoms with Gasteiger partial charge in [0, 0.05) is 13.1 Å². The maximum Gasteiger partial charge on any atom is 0.319 e. The van der Waals surface area contributed by atoms with Crippen LogP contribution in [0.1, 0.15) is 12.8 Å². The highest BCUT2D eigenvalue weighted by molar-refractivity contribution is 5.90. The van der Waals surface area contributed by atoms with E-state index in [1.54, 1.807) is 7.11 Å². The predicted molar refractivity (Wildman–Crippen MR) is 75.7 cm³/mol. The SMILES string of the molecule is COc1ccccc1NC(=O)NCCN1CCCC1. The molecule has 0 atom stereocenters. The summed E-state index contributed by atoms with van der Waals surface area (Å²) in [6.45, 7) is 3.88.